The van der Waals surface area contributed by atoms with Crippen molar-refractivity contribution in [1.82, 2.24) is 4.98 Å². The molecule has 0 radical (unpaired) electrons. The number of rotatable bonds is 4. The second-order valence-electron chi connectivity index (χ2n) is 4.35. The second-order valence-corrected chi connectivity index (χ2v) is 4.35. The third kappa shape index (κ3) is 3.88. The molecule has 0 bridgehead atoms. The standard InChI is InChI=1S/C14H12F3NO2/c1-9(2)7-11-8-19-13(18-11)10-3-5-12(6-4-10)20-14(15,16)17/h3-6,8H,1,7H2,2H3. The minimum absolute atomic E-state index is 0.282. The number of nitrogens with zero attached hydrogens (tertiary/aromatic N) is 1. The number of allylic oxidation sites excluding steroid dienone is 1. The molecule has 1 heterocycles. The first kappa shape index (κ1) is 14.2. The van der Waals surface area contributed by atoms with Gasteiger partial charge in [-0.3, -0.25) is 0 Å². The number of aromatic nitrogens is 1. The van der Waals surface area contributed by atoms with Crippen molar-refractivity contribution < 1.29 is 22.3 Å². The lowest BCUT2D eigenvalue weighted by Crippen LogP contribution is -2.16. The van der Waals surface area contributed by atoms with Gasteiger partial charge in [-0.25, -0.2) is 4.98 Å². The van der Waals surface area contributed by atoms with Crippen LogP contribution in [0.5, 0.6) is 5.75 Å². The molecule has 0 saturated heterocycles. The van der Waals surface area contributed by atoms with Gasteiger partial charge in [0.25, 0.3) is 0 Å². The number of benzene rings is 1. The summed E-state index contributed by atoms with van der Waals surface area (Å²) in [4.78, 5) is 4.23. The topological polar surface area (TPSA) is 35.3 Å². The van der Waals surface area contributed by atoms with Gasteiger partial charge < -0.3 is 9.15 Å². The van der Waals surface area contributed by atoms with E-state index in [1.54, 1.807) is 0 Å². The molecular weight excluding hydrogens is 271 g/mol. The lowest BCUT2D eigenvalue weighted by Gasteiger charge is -2.08. The number of ether oxygens (including phenoxy) is 1. The molecule has 2 aromatic rings. The number of hydrogen-bond donors (Lipinski definition) is 0. The zero-order valence-electron chi connectivity index (χ0n) is 10.7. The molecule has 0 spiro atoms. The Kier molecular flexibility index (Phi) is 3.83. The van der Waals surface area contributed by atoms with Gasteiger partial charge in [-0.2, -0.15) is 0 Å². The molecular formula is C14H12F3NO2. The predicted octanol–water partition coefficient (Wildman–Crippen LogP) is 4.36. The highest BCUT2D eigenvalue weighted by Gasteiger charge is 2.31. The number of oxazole rings is 1. The van der Waals surface area contributed by atoms with E-state index in [-0.39, 0.29) is 5.75 Å². The quantitative estimate of drug-likeness (QED) is 0.782. The first-order valence-corrected chi connectivity index (χ1v) is 5.78. The van der Waals surface area contributed by atoms with E-state index in [2.05, 4.69) is 16.3 Å². The Balaban J connectivity index is 2.13. The van der Waals surface area contributed by atoms with Crippen LogP contribution < -0.4 is 4.74 Å². The van der Waals surface area contributed by atoms with Crippen LogP contribution >= 0.6 is 0 Å². The monoisotopic (exact) mass is 283 g/mol. The normalized spacial score (nSPS) is 11.4. The Hall–Kier alpha value is -2.24. The minimum atomic E-state index is -4.70. The SMILES string of the molecule is C=C(C)Cc1coc(-c2ccc(OC(F)(F)F)cc2)n1. The second kappa shape index (κ2) is 5.40. The molecule has 1 aromatic carbocycles. The fourth-order valence-corrected chi connectivity index (χ4v) is 1.63. The van der Waals surface area contributed by atoms with Crippen molar-refractivity contribution in [2.45, 2.75) is 19.7 Å². The van der Waals surface area contributed by atoms with Crippen molar-refractivity contribution in [3.63, 3.8) is 0 Å². The maximum atomic E-state index is 12.0. The van der Waals surface area contributed by atoms with Crippen LogP contribution in [0, 0.1) is 0 Å². The maximum Gasteiger partial charge on any atom is 0.573 e. The van der Waals surface area contributed by atoms with Crippen molar-refractivity contribution in [2.24, 2.45) is 0 Å². The van der Waals surface area contributed by atoms with Crippen molar-refractivity contribution in [1.29, 1.82) is 0 Å². The molecule has 0 unspecified atom stereocenters. The molecule has 20 heavy (non-hydrogen) atoms. The van der Waals surface area contributed by atoms with Crippen LogP contribution in [0.2, 0.25) is 0 Å². The Bertz CT molecular complexity index is 600. The first-order valence-electron chi connectivity index (χ1n) is 5.78. The van der Waals surface area contributed by atoms with Gasteiger partial charge in [0.2, 0.25) is 5.89 Å². The summed E-state index contributed by atoms with van der Waals surface area (Å²) in [5, 5.41) is 0. The van der Waals surface area contributed by atoms with Crippen molar-refractivity contribution >= 4 is 0 Å². The molecule has 106 valence electrons. The van der Waals surface area contributed by atoms with Gasteiger partial charge >= 0.3 is 6.36 Å². The molecule has 1 aromatic heterocycles. The zero-order valence-corrected chi connectivity index (χ0v) is 10.7. The third-order valence-electron chi connectivity index (χ3n) is 2.37. The molecule has 0 atom stereocenters. The van der Waals surface area contributed by atoms with Crippen molar-refractivity contribution in [3.05, 3.63) is 48.4 Å². The van der Waals surface area contributed by atoms with Crippen molar-refractivity contribution in [3.8, 4) is 17.2 Å². The summed E-state index contributed by atoms with van der Waals surface area (Å²) in [5.41, 5.74) is 2.24. The Morgan fingerprint density at radius 2 is 1.95 bits per heavy atom. The number of alkyl halides is 3. The molecule has 0 amide bonds. The van der Waals surface area contributed by atoms with Crippen LogP contribution in [-0.2, 0) is 6.42 Å². The molecule has 0 aliphatic heterocycles. The maximum absolute atomic E-state index is 12.0. The van der Waals surface area contributed by atoms with E-state index in [9.17, 15) is 13.2 Å². The molecule has 0 aliphatic rings. The summed E-state index contributed by atoms with van der Waals surface area (Å²) in [6, 6.07) is 5.34. The van der Waals surface area contributed by atoms with E-state index in [0.29, 0.717) is 17.9 Å². The van der Waals surface area contributed by atoms with E-state index in [1.165, 1.54) is 30.5 Å². The summed E-state index contributed by atoms with van der Waals surface area (Å²) in [5.74, 6) is 0.0646. The molecule has 2 rings (SSSR count). The first-order chi connectivity index (χ1) is 9.33. The van der Waals surface area contributed by atoms with Gasteiger partial charge in [0, 0.05) is 12.0 Å². The van der Waals surface area contributed by atoms with Crippen LogP contribution in [0.15, 0.2) is 47.1 Å². The van der Waals surface area contributed by atoms with E-state index in [4.69, 9.17) is 4.42 Å². The highest BCUT2D eigenvalue weighted by molar-refractivity contribution is 5.54. The average Bonchev–Trinajstić information content (AvgIpc) is 2.75. The average molecular weight is 283 g/mol. The van der Waals surface area contributed by atoms with Crippen LogP contribution in [0.25, 0.3) is 11.5 Å². The van der Waals surface area contributed by atoms with E-state index in [1.807, 2.05) is 6.92 Å². The van der Waals surface area contributed by atoms with Gasteiger partial charge in [-0.1, -0.05) is 12.2 Å². The largest absolute Gasteiger partial charge is 0.573 e. The molecule has 0 fully saturated rings. The molecule has 3 nitrogen and oxygen atoms in total. The van der Waals surface area contributed by atoms with Gasteiger partial charge in [0.1, 0.15) is 12.0 Å². The Labute approximate surface area is 113 Å². The van der Waals surface area contributed by atoms with Crippen LogP contribution in [0.1, 0.15) is 12.6 Å². The smallest absolute Gasteiger partial charge is 0.444 e. The summed E-state index contributed by atoms with van der Waals surface area (Å²) < 4.78 is 45.1. The lowest BCUT2D eigenvalue weighted by molar-refractivity contribution is -0.274. The highest BCUT2D eigenvalue weighted by atomic mass is 19.4. The summed E-state index contributed by atoms with van der Waals surface area (Å²) >= 11 is 0. The van der Waals surface area contributed by atoms with Crippen LogP contribution in [-0.4, -0.2) is 11.3 Å². The summed E-state index contributed by atoms with van der Waals surface area (Å²) in [6.45, 7) is 5.65. The van der Waals surface area contributed by atoms with E-state index in [0.717, 1.165) is 11.3 Å². The number of hydrogen-bond acceptors (Lipinski definition) is 3. The predicted molar refractivity (Wildman–Crippen MR) is 67.1 cm³/mol. The Morgan fingerprint density at radius 3 is 2.50 bits per heavy atom. The molecule has 0 N–H and O–H groups in total. The molecule has 6 heteroatoms. The zero-order chi connectivity index (χ0) is 14.8. The van der Waals surface area contributed by atoms with Gasteiger partial charge in [-0.15, -0.1) is 13.2 Å². The summed E-state index contributed by atoms with van der Waals surface area (Å²) in [6.07, 6.45) is -2.60. The Morgan fingerprint density at radius 1 is 1.30 bits per heavy atom. The van der Waals surface area contributed by atoms with Gasteiger partial charge in [0.15, 0.2) is 0 Å². The van der Waals surface area contributed by atoms with Crippen LogP contribution in [0.4, 0.5) is 13.2 Å². The molecule has 0 saturated carbocycles. The molecule has 0 aliphatic carbocycles. The minimum Gasteiger partial charge on any atom is -0.444 e. The fourth-order valence-electron chi connectivity index (χ4n) is 1.63. The van der Waals surface area contributed by atoms with Crippen LogP contribution in [0.3, 0.4) is 0 Å². The van der Waals surface area contributed by atoms with E-state index >= 15 is 0 Å². The van der Waals surface area contributed by atoms with Crippen molar-refractivity contribution in [2.75, 3.05) is 0 Å². The third-order valence-corrected chi connectivity index (χ3v) is 2.37. The highest BCUT2D eigenvalue weighted by Crippen LogP contribution is 2.26. The van der Waals surface area contributed by atoms with E-state index < -0.39 is 6.36 Å². The summed E-state index contributed by atoms with van der Waals surface area (Å²) in [7, 11) is 0. The van der Waals surface area contributed by atoms with Gasteiger partial charge in [0.05, 0.1) is 5.69 Å². The lowest BCUT2D eigenvalue weighted by atomic mass is 10.2. The fraction of sp³-hybridized carbons (Fsp3) is 0.214. The van der Waals surface area contributed by atoms with Gasteiger partial charge in [-0.05, 0) is 31.2 Å². The number of halogens is 3.